The molecule has 3 aromatic rings. The number of H-pyrrole nitrogens is 1. The highest BCUT2D eigenvalue weighted by molar-refractivity contribution is 6.31. The van der Waals surface area contributed by atoms with E-state index in [0.29, 0.717) is 22.4 Å². The van der Waals surface area contributed by atoms with E-state index in [9.17, 15) is 9.50 Å². The van der Waals surface area contributed by atoms with Crippen LogP contribution in [0.2, 0.25) is 5.02 Å². The third kappa shape index (κ3) is 1.71. The van der Waals surface area contributed by atoms with Gasteiger partial charge in [-0.2, -0.15) is 0 Å². The largest absolute Gasteiger partial charge is 0.508 e. The predicted molar refractivity (Wildman–Crippen MR) is 68.2 cm³/mol. The van der Waals surface area contributed by atoms with Crippen LogP contribution in [0.5, 0.6) is 5.75 Å². The first kappa shape index (κ1) is 11.0. The summed E-state index contributed by atoms with van der Waals surface area (Å²) in [7, 11) is 0. The maximum absolute atomic E-state index is 13.9. The molecule has 18 heavy (non-hydrogen) atoms. The number of nitrogens with one attached hydrogen (secondary N) is 1. The second-order valence-corrected chi connectivity index (χ2v) is 4.30. The SMILES string of the molecule is Oc1ccc2nc(-c3cccc(Cl)c3F)[nH]c2c1. The zero-order valence-electron chi connectivity index (χ0n) is 9.11. The van der Waals surface area contributed by atoms with Crippen molar-refractivity contribution in [1.82, 2.24) is 9.97 Å². The number of nitrogens with zero attached hydrogens (tertiary/aromatic N) is 1. The minimum Gasteiger partial charge on any atom is -0.508 e. The van der Waals surface area contributed by atoms with Gasteiger partial charge in [-0.1, -0.05) is 17.7 Å². The number of imidazole rings is 1. The van der Waals surface area contributed by atoms with E-state index in [2.05, 4.69) is 9.97 Å². The standard InChI is InChI=1S/C13H8ClFN2O/c14-9-3-1-2-8(12(9)15)13-16-10-5-4-7(18)6-11(10)17-13/h1-6,18H,(H,16,17). The zero-order chi connectivity index (χ0) is 12.7. The van der Waals surface area contributed by atoms with Gasteiger partial charge >= 0.3 is 0 Å². The molecule has 0 aliphatic carbocycles. The average Bonchev–Trinajstić information content (AvgIpc) is 2.75. The lowest BCUT2D eigenvalue weighted by atomic mass is 10.2. The molecule has 0 spiro atoms. The van der Waals surface area contributed by atoms with Crippen LogP contribution in [-0.4, -0.2) is 15.1 Å². The molecule has 2 N–H and O–H groups in total. The lowest BCUT2D eigenvalue weighted by molar-refractivity contribution is 0.476. The summed E-state index contributed by atoms with van der Waals surface area (Å²) >= 11 is 5.73. The topological polar surface area (TPSA) is 48.9 Å². The quantitative estimate of drug-likeness (QED) is 0.702. The third-order valence-corrected chi connectivity index (χ3v) is 2.96. The number of phenolic OH excluding ortho intramolecular Hbond substituents is 1. The maximum Gasteiger partial charge on any atom is 0.152 e. The van der Waals surface area contributed by atoms with E-state index in [0.717, 1.165) is 0 Å². The highest BCUT2D eigenvalue weighted by Gasteiger charge is 2.12. The number of fused-ring (bicyclic) bond motifs is 1. The van der Waals surface area contributed by atoms with Crippen molar-refractivity contribution in [3.05, 3.63) is 47.2 Å². The highest BCUT2D eigenvalue weighted by atomic mass is 35.5. The molecule has 3 nitrogen and oxygen atoms in total. The van der Waals surface area contributed by atoms with E-state index < -0.39 is 5.82 Å². The van der Waals surface area contributed by atoms with E-state index in [4.69, 9.17) is 11.6 Å². The van der Waals surface area contributed by atoms with E-state index in [1.54, 1.807) is 18.2 Å². The van der Waals surface area contributed by atoms with Gasteiger partial charge in [-0.3, -0.25) is 0 Å². The fourth-order valence-corrected chi connectivity index (χ4v) is 1.99. The summed E-state index contributed by atoms with van der Waals surface area (Å²) in [6, 6.07) is 9.46. The van der Waals surface area contributed by atoms with Crippen LogP contribution < -0.4 is 0 Å². The summed E-state index contributed by atoms with van der Waals surface area (Å²) in [5, 5.41) is 9.42. The Balaban J connectivity index is 2.22. The molecule has 0 aliphatic heterocycles. The van der Waals surface area contributed by atoms with E-state index >= 15 is 0 Å². The van der Waals surface area contributed by atoms with E-state index in [-0.39, 0.29) is 10.8 Å². The number of aromatic amines is 1. The molecule has 3 rings (SSSR count). The molecular formula is C13H8ClFN2O. The molecule has 0 unspecified atom stereocenters. The van der Waals surface area contributed by atoms with Crippen molar-refractivity contribution >= 4 is 22.6 Å². The molecule has 0 amide bonds. The first-order valence-corrected chi connectivity index (χ1v) is 5.66. The van der Waals surface area contributed by atoms with Gasteiger partial charge in [0.15, 0.2) is 5.82 Å². The first-order valence-electron chi connectivity index (χ1n) is 5.28. The van der Waals surface area contributed by atoms with Crippen LogP contribution in [0.15, 0.2) is 36.4 Å². The minimum atomic E-state index is -0.512. The number of benzene rings is 2. The lowest BCUT2D eigenvalue weighted by Gasteiger charge is -2.00. The van der Waals surface area contributed by atoms with Gasteiger partial charge in [0, 0.05) is 6.07 Å². The summed E-state index contributed by atoms with van der Waals surface area (Å²) in [5.74, 6) is 0.00214. The van der Waals surface area contributed by atoms with Crippen LogP contribution in [0.4, 0.5) is 4.39 Å². The van der Waals surface area contributed by atoms with Crippen LogP contribution in [0.1, 0.15) is 0 Å². The monoisotopic (exact) mass is 262 g/mol. The molecule has 90 valence electrons. The Morgan fingerprint density at radius 2 is 2.06 bits per heavy atom. The minimum absolute atomic E-state index is 0.0517. The van der Waals surface area contributed by atoms with Crippen molar-refractivity contribution in [3.8, 4) is 17.1 Å². The molecule has 0 saturated carbocycles. The van der Waals surface area contributed by atoms with Crippen LogP contribution in [0.3, 0.4) is 0 Å². The first-order chi connectivity index (χ1) is 8.65. The average molecular weight is 263 g/mol. The molecule has 2 aromatic carbocycles. The molecule has 1 aromatic heterocycles. The Morgan fingerprint density at radius 3 is 2.89 bits per heavy atom. The van der Waals surface area contributed by atoms with Gasteiger partial charge in [0.2, 0.25) is 0 Å². The Hall–Kier alpha value is -2.07. The van der Waals surface area contributed by atoms with Crippen molar-refractivity contribution in [2.24, 2.45) is 0 Å². The van der Waals surface area contributed by atoms with Gasteiger partial charge in [0.05, 0.1) is 21.6 Å². The zero-order valence-corrected chi connectivity index (χ0v) is 9.87. The van der Waals surface area contributed by atoms with Crippen molar-refractivity contribution in [3.63, 3.8) is 0 Å². The van der Waals surface area contributed by atoms with Crippen LogP contribution in [0, 0.1) is 5.82 Å². The van der Waals surface area contributed by atoms with E-state index in [1.807, 2.05) is 0 Å². The smallest absolute Gasteiger partial charge is 0.152 e. The normalized spacial score (nSPS) is 11.0. The summed E-state index contributed by atoms with van der Waals surface area (Å²) in [6.07, 6.45) is 0. The van der Waals surface area contributed by atoms with Crippen LogP contribution in [0.25, 0.3) is 22.4 Å². The summed E-state index contributed by atoms with van der Waals surface area (Å²) in [4.78, 5) is 7.21. The highest BCUT2D eigenvalue weighted by Crippen LogP contribution is 2.28. The van der Waals surface area contributed by atoms with Gasteiger partial charge < -0.3 is 10.1 Å². The molecular weight excluding hydrogens is 255 g/mol. The Bertz CT molecular complexity index is 739. The molecule has 5 heteroatoms. The Labute approximate surface area is 107 Å². The van der Waals surface area contributed by atoms with Gasteiger partial charge in [-0.25, -0.2) is 9.37 Å². The number of rotatable bonds is 1. The third-order valence-electron chi connectivity index (χ3n) is 2.67. The lowest BCUT2D eigenvalue weighted by Crippen LogP contribution is -1.86. The molecule has 0 atom stereocenters. The van der Waals surface area contributed by atoms with Gasteiger partial charge in [-0.05, 0) is 24.3 Å². The molecule has 1 heterocycles. The van der Waals surface area contributed by atoms with Gasteiger partial charge in [-0.15, -0.1) is 0 Å². The number of hydrogen-bond donors (Lipinski definition) is 2. The van der Waals surface area contributed by atoms with Crippen molar-refractivity contribution in [1.29, 1.82) is 0 Å². The van der Waals surface area contributed by atoms with Crippen LogP contribution in [-0.2, 0) is 0 Å². The van der Waals surface area contributed by atoms with E-state index in [1.165, 1.54) is 18.2 Å². The predicted octanol–water partition coefficient (Wildman–Crippen LogP) is 3.73. The fourth-order valence-electron chi connectivity index (χ4n) is 1.81. The number of aromatic hydroxyl groups is 1. The molecule has 0 radical (unpaired) electrons. The number of phenols is 1. The number of aromatic nitrogens is 2. The maximum atomic E-state index is 13.9. The molecule has 0 bridgehead atoms. The van der Waals surface area contributed by atoms with Crippen molar-refractivity contribution in [2.75, 3.05) is 0 Å². The van der Waals surface area contributed by atoms with Crippen molar-refractivity contribution < 1.29 is 9.50 Å². The second kappa shape index (κ2) is 3.99. The summed E-state index contributed by atoms with van der Waals surface area (Å²) in [5.41, 5.74) is 1.60. The summed E-state index contributed by atoms with van der Waals surface area (Å²) < 4.78 is 13.9. The fraction of sp³-hybridized carbons (Fsp3) is 0. The van der Waals surface area contributed by atoms with Gasteiger partial charge in [0.1, 0.15) is 11.6 Å². The number of halogens is 2. The molecule has 0 saturated heterocycles. The molecule has 0 aliphatic rings. The Kier molecular flexibility index (Phi) is 2.45. The second-order valence-electron chi connectivity index (χ2n) is 3.89. The van der Waals surface area contributed by atoms with Gasteiger partial charge in [0.25, 0.3) is 0 Å². The molecule has 0 fully saturated rings. The number of hydrogen-bond acceptors (Lipinski definition) is 2. The van der Waals surface area contributed by atoms with Crippen molar-refractivity contribution in [2.45, 2.75) is 0 Å². The van der Waals surface area contributed by atoms with Crippen LogP contribution >= 0.6 is 11.6 Å². The Morgan fingerprint density at radius 1 is 1.22 bits per heavy atom. The summed E-state index contributed by atoms with van der Waals surface area (Å²) in [6.45, 7) is 0.